The van der Waals surface area contributed by atoms with Crippen LogP contribution in [0.1, 0.15) is 90.1 Å². The van der Waals surface area contributed by atoms with Gasteiger partial charge in [-0.1, -0.05) is 18.2 Å². The van der Waals surface area contributed by atoms with Gasteiger partial charge in [0.2, 0.25) is 11.8 Å². The molecule has 1 unspecified atom stereocenters. The van der Waals surface area contributed by atoms with E-state index in [2.05, 4.69) is 41.2 Å². The number of nitrogens with one attached hydrogen (secondary N) is 2. The van der Waals surface area contributed by atoms with Crippen molar-refractivity contribution in [1.29, 1.82) is 0 Å². The van der Waals surface area contributed by atoms with E-state index >= 15 is 0 Å². The fourth-order valence-corrected chi connectivity index (χ4v) is 12.4. The van der Waals surface area contributed by atoms with Gasteiger partial charge < -0.3 is 40.3 Å². The number of carbonyl (C=O) groups is 5. The minimum atomic E-state index is -0.606. The van der Waals surface area contributed by atoms with Gasteiger partial charge in [-0.05, 0) is 136 Å². The van der Waals surface area contributed by atoms with E-state index in [0.29, 0.717) is 53.4 Å². The van der Waals surface area contributed by atoms with Crippen molar-refractivity contribution in [3.63, 3.8) is 0 Å². The number of aromatic nitrogens is 2. The number of benzene rings is 3. The monoisotopic (exact) mass is 952 g/mol. The Balaban J connectivity index is 0.610. The van der Waals surface area contributed by atoms with Crippen molar-refractivity contribution < 1.29 is 28.7 Å². The second-order valence-electron chi connectivity index (χ2n) is 20.4. The van der Waals surface area contributed by atoms with Gasteiger partial charge >= 0.3 is 6.03 Å². The SMILES string of the molecule is NC(=O)c1c(-c2ccc(Oc3ccccc3)cc2)nn2c1NCC[C@H]2C1CCN(C2CCN(C(=O)N3CCC(CN4CCN(c5ccc6c(c5)CN(C5CCC(=O)NC5=O)C6=O)CC4)CC3)CC2)CC1. The van der Waals surface area contributed by atoms with Gasteiger partial charge in [0.15, 0.2) is 0 Å². The summed E-state index contributed by atoms with van der Waals surface area (Å²) in [7, 11) is 0. The maximum absolute atomic E-state index is 13.8. The number of piperidine rings is 4. The Morgan fingerprint density at radius 2 is 1.44 bits per heavy atom. The number of hydrogen-bond donors (Lipinski definition) is 3. The smallest absolute Gasteiger partial charge is 0.319 e. The van der Waals surface area contributed by atoms with Crippen molar-refractivity contribution in [1.82, 2.24) is 39.6 Å². The van der Waals surface area contributed by atoms with Gasteiger partial charge in [0.1, 0.15) is 34.6 Å². The number of nitrogens with zero attached hydrogens (tertiary/aromatic N) is 8. The molecule has 2 atom stereocenters. The molecule has 5 fully saturated rings. The standard InChI is InChI=1S/C53H65N11O6/c54-49(66)47-48(37-6-9-42(10-7-37)70-41-4-2-1-3-5-41)57-64-44(14-21-55-50(47)64)36-17-24-59(25-18-36)39-19-26-62(27-20-39)53(69)61-22-15-35(16-23-61)33-58-28-30-60(31-29-58)40-8-11-43-38(32-40)34-63(52(43)68)45-12-13-46(65)56-51(45)67/h1-11,32,35-36,39,44-45,55H,12-31,33-34H2,(H2,54,66)(H,56,65,67)/t44-,45?/m0/s1. The van der Waals surface area contributed by atoms with Crippen LogP contribution < -0.4 is 26.0 Å². The first-order valence-electron chi connectivity index (χ1n) is 25.7. The van der Waals surface area contributed by atoms with Crippen LogP contribution in [0.5, 0.6) is 11.5 Å². The molecule has 17 nitrogen and oxygen atoms in total. The Labute approximate surface area is 409 Å². The fourth-order valence-electron chi connectivity index (χ4n) is 12.4. The number of ether oxygens (including phenoxy) is 1. The Hall–Kier alpha value is -6.46. The molecule has 7 aliphatic rings. The second kappa shape index (κ2) is 19.7. The molecule has 17 heteroatoms. The van der Waals surface area contributed by atoms with Crippen LogP contribution in [0.2, 0.25) is 0 Å². The van der Waals surface area contributed by atoms with Crippen LogP contribution in [0.3, 0.4) is 0 Å². The van der Waals surface area contributed by atoms with Crippen molar-refractivity contribution >= 4 is 41.2 Å². The van der Waals surface area contributed by atoms with Gasteiger partial charge in [-0.15, -0.1) is 0 Å². The predicted molar refractivity (Wildman–Crippen MR) is 265 cm³/mol. The van der Waals surface area contributed by atoms with Gasteiger partial charge in [0, 0.05) is 101 Å². The molecule has 0 spiro atoms. The van der Waals surface area contributed by atoms with Crippen LogP contribution >= 0.6 is 0 Å². The van der Waals surface area contributed by atoms with E-state index in [0.717, 1.165) is 152 Å². The molecule has 3 aromatic carbocycles. The topological polar surface area (TPSA) is 182 Å². The molecular formula is C53H65N11O6. The number of fused-ring (bicyclic) bond motifs is 2. The molecule has 7 aliphatic heterocycles. The number of urea groups is 1. The Bertz CT molecular complexity index is 2590. The number of carbonyl (C=O) groups excluding carboxylic acids is 5. The van der Waals surface area contributed by atoms with E-state index in [9.17, 15) is 24.0 Å². The van der Waals surface area contributed by atoms with Crippen LogP contribution in [-0.4, -0.2) is 155 Å². The van der Waals surface area contributed by atoms with E-state index < -0.39 is 11.9 Å². The summed E-state index contributed by atoms with van der Waals surface area (Å²) in [4.78, 5) is 77.5. The predicted octanol–water partition coefficient (Wildman–Crippen LogP) is 5.39. The van der Waals surface area contributed by atoms with E-state index in [1.165, 1.54) is 0 Å². The zero-order valence-electron chi connectivity index (χ0n) is 40.0. The minimum Gasteiger partial charge on any atom is -0.457 e. The molecular weight excluding hydrogens is 887 g/mol. The molecule has 8 heterocycles. The summed E-state index contributed by atoms with van der Waals surface area (Å²) in [6.45, 7) is 11.2. The van der Waals surface area contributed by atoms with Crippen molar-refractivity contribution in [3.8, 4) is 22.8 Å². The molecule has 0 bridgehead atoms. The van der Waals surface area contributed by atoms with Crippen LogP contribution in [0.15, 0.2) is 72.8 Å². The summed E-state index contributed by atoms with van der Waals surface area (Å²) < 4.78 is 8.05. The van der Waals surface area contributed by atoms with E-state index in [4.69, 9.17) is 15.6 Å². The number of piperazine rings is 1. The van der Waals surface area contributed by atoms with Gasteiger partial charge in [-0.25, -0.2) is 9.48 Å². The molecule has 11 rings (SSSR count). The summed E-state index contributed by atoms with van der Waals surface area (Å²) in [5.74, 6) is 1.90. The van der Waals surface area contributed by atoms with Crippen LogP contribution in [0, 0.1) is 11.8 Å². The highest BCUT2D eigenvalue weighted by Gasteiger charge is 2.41. The van der Waals surface area contributed by atoms with Gasteiger partial charge in [-0.2, -0.15) is 5.10 Å². The number of amides is 6. The molecule has 0 aliphatic carbocycles. The summed E-state index contributed by atoms with van der Waals surface area (Å²) in [5, 5.41) is 10.9. The Morgan fingerprint density at radius 1 is 0.743 bits per heavy atom. The summed E-state index contributed by atoms with van der Waals surface area (Å²) >= 11 is 0. The van der Waals surface area contributed by atoms with Gasteiger partial charge in [0.25, 0.3) is 11.8 Å². The molecule has 0 saturated carbocycles. The van der Waals surface area contributed by atoms with Crippen LogP contribution in [0.25, 0.3) is 11.3 Å². The lowest BCUT2D eigenvalue weighted by molar-refractivity contribution is -0.136. The number of nitrogens with two attached hydrogens (primary N) is 1. The third-order valence-corrected chi connectivity index (χ3v) is 16.3. The molecule has 1 aromatic heterocycles. The van der Waals surface area contributed by atoms with E-state index in [-0.39, 0.29) is 36.2 Å². The summed E-state index contributed by atoms with van der Waals surface area (Å²) in [6.07, 6.45) is 7.73. The molecule has 4 aromatic rings. The quantitative estimate of drug-likeness (QED) is 0.174. The van der Waals surface area contributed by atoms with Crippen LogP contribution in [0.4, 0.5) is 16.3 Å². The maximum atomic E-state index is 13.8. The number of likely N-dealkylation sites (tertiary alicyclic amines) is 3. The average Bonchev–Trinajstić information content (AvgIpc) is 3.95. The number of primary amides is 1. The second-order valence-corrected chi connectivity index (χ2v) is 20.4. The van der Waals surface area contributed by atoms with Crippen molar-refractivity contribution in [2.24, 2.45) is 17.6 Å². The molecule has 70 heavy (non-hydrogen) atoms. The first kappa shape index (κ1) is 46.0. The van der Waals surface area contributed by atoms with Crippen molar-refractivity contribution in [2.75, 3.05) is 88.8 Å². The zero-order valence-corrected chi connectivity index (χ0v) is 40.0. The lowest BCUT2D eigenvalue weighted by Gasteiger charge is -2.45. The fraction of sp³-hybridized carbons (Fsp3) is 0.509. The Morgan fingerprint density at radius 3 is 2.14 bits per heavy atom. The first-order valence-corrected chi connectivity index (χ1v) is 25.7. The van der Waals surface area contributed by atoms with Crippen LogP contribution in [-0.2, 0) is 16.1 Å². The average molecular weight is 952 g/mol. The lowest BCUT2D eigenvalue weighted by atomic mass is 9.85. The summed E-state index contributed by atoms with van der Waals surface area (Å²) in [5.41, 5.74) is 10.6. The first-order chi connectivity index (χ1) is 34.1. The third kappa shape index (κ3) is 9.32. The summed E-state index contributed by atoms with van der Waals surface area (Å²) in [6, 6.07) is 23.6. The Kier molecular flexibility index (Phi) is 13.0. The molecule has 0 radical (unpaired) electrons. The molecule has 4 N–H and O–H groups in total. The van der Waals surface area contributed by atoms with Gasteiger partial charge in [0.05, 0.1) is 6.04 Å². The minimum absolute atomic E-state index is 0.140. The largest absolute Gasteiger partial charge is 0.457 e. The lowest BCUT2D eigenvalue weighted by Crippen LogP contribution is -2.54. The molecule has 368 valence electrons. The number of imide groups is 1. The number of para-hydroxylation sites is 1. The number of hydrogen-bond acceptors (Lipinski definition) is 11. The van der Waals surface area contributed by atoms with Gasteiger partial charge in [-0.3, -0.25) is 29.4 Å². The normalized spacial score (nSPS) is 23.2. The van der Waals surface area contributed by atoms with E-state index in [1.54, 1.807) is 4.90 Å². The maximum Gasteiger partial charge on any atom is 0.319 e. The van der Waals surface area contributed by atoms with Crippen molar-refractivity contribution in [3.05, 3.63) is 89.5 Å². The zero-order chi connectivity index (χ0) is 47.9. The third-order valence-electron chi connectivity index (χ3n) is 16.3. The number of anilines is 2. The highest BCUT2D eigenvalue weighted by Crippen LogP contribution is 2.41. The molecule has 6 amide bonds. The highest BCUT2D eigenvalue weighted by atomic mass is 16.5. The number of rotatable bonds is 10. The molecule has 5 saturated heterocycles. The van der Waals surface area contributed by atoms with Crippen molar-refractivity contribution in [2.45, 2.75) is 82.5 Å². The van der Waals surface area contributed by atoms with E-state index in [1.807, 2.05) is 71.4 Å². The highest BCUT2D eigenvalue weighted by molar-refractivity contribution is 6.06.